The predicted molar refractivity (Wildman–Crippen MR) is 89.0 cm³/mol. The summed E-state index contributed by atoms with van der Waals surface area (Å²) in [4.78, 5) is 25.8. The smallest absolute Gasteiger partial charge is 0.416 e. The van der Waals surface area contributed by atoms with Crippen molar-refractivity contribution in [1.82, 2.24) is 0 Å². The molecule has 2 amide bonds. The Kier molecular flexibility index (Phi) is 4.83. The van der Waals surface area contributed by atoms with Gasteiger partial charge >= 0.3 is 6.18 Å². The average molecular weight is 364 g/mol. The average Bonchev–Trinajstić information content (AvgIpc) is 2.74. The van der Waals surface area contributed by atoms with Gasteiger partial charge in [-0.25, -0.2) is 0 Å². The molecule has 1 aliphatic rings. The Labute approximate surface area is 147 Å². The van der Waals surface area contributed by atoms with Crippen LogP contribution in [0.5, 0.6) is 5.75 Å². The highest BCUT2D eigenvalue weighted by atomic mass is 19.4. The van der Waals surface area contributed by atoms with E-state index in [0.29, 0.717) is 11.4 Å². The Morgan fingerprint density at radius 3 is 2.50 bits per heavy atom. The Morgan fingerprint density at radius 2 is 1.81 bits per heavy atom. The number of ether oxygens (including phenoxy) is 1. The SMILES string of the molecule is O=C(CN1C(=O)CCOc2ccccc21)Nc1ccc(C(F)(F)F)cc1. The zero-order chi connectivity index (χ0) is 18.7. The van der Waals surface area contributed by atoms with Crippen molar-refractivity contribution in [2.75, 3.05) is 23.4 Å². The van der Waals surface area contributed by atoms with Crippen LogP contribution in [-0.2, 0) is 15.8 Å². The molecule has 0 aromatic heterocycles. The Balaban J connectivity index is 1.72. The highest BCUT2D eigenvalue weighted by Crippen LogP contribution is 2.31. The third-order valence-electron chi connectivity index (χ3n) is 3.83. The Hall–Kier alpha value is -3.03. The number of anilines is 2. The summed E-state index contributed by atoms with van der Waals surface area (Å²) in [6.45, 7) is -0.0485. The van der Waals surface area contributed by atoms with Gasteiger partial charge in [0.25, 0.3) is 0 Å². The molecule has 1 heterocycles. The lowest BCUT2D eigenvalue weighted by molar-refractivity contribution is -0.137. The van der Waals surface area contributed by atoms with Crippen molar-refractivity contribution in [3.63, 3.8) is 0 Å². The number of benzene rings is 2. The van der Waals surface area contributed by atoms with Gasteiger partial charge in [0, 0.05) is 5.69 Å². The normalized spacial score (nSPS) is 14.3. The number of carbonyl (C=O) groups is 2. The first-order valence-electron chi connectivity index (χ1n) is 7.84. The van der Waals surface area contributed by atoms with Crippen molar-refractivity contribution in [3.05, 3.63) is 54.1 Å². The third-order valence-corrected chi connectivity index (χ3v) is 3.83. The van der Waals surface area contributed by atoms with Crippen LogP contribution in [0.2, 0.25) is 0 Å². The van der Waals surface area contributed by atoms with Crippen LogP contribution in [0.1, 0.15) is 12.0 Å². The van der Waals surface area contributed by atoms with Gasteiger partial charge < -0.3 is 10.1 Å². The number of amides is 2. The van der Waals surface area contributed by atoms with Gasteiger partial charge in [0.05, 0.1) is 24.3 Å². The maximum Gasteiger partial charge on any atom is 0.416 e. The molecular formula is C18H15F3N2O3. The van der Waals surface area contributed by atoms with E-state index in [1.807, 2.05) is 0 Å². The standard InChI is InChI=1S/C18H15F3N2O3/c19-18(20,21)12-5-7-13(8-6-12)22-16(24)11-23-14-3-1-2-4-15(14)26-10-9-17(23)25/h1-8H,9-11H2,(H,22,24). The van der Waals surface area contributed by atoms with Crippen LogP contribution in [-0.4, -0.2) is 25.0 Å². The predicted octanol–water partition coefficient (Wildman–Crippen LogP) is 3.46. The number of fused-ring (bicyclic) bond motifs is 1. The number of para-hydroxylation sites is 2. The zero-order valence-corrected chi connectivity index (χ0v) is 13.5. The summed E-state index contributed by atoms with van der Waals surface area (Å²) in [6, 6.07) is 11.0. The first kappa shape index (κ1) is 17.8. The molecule has 0 radical (unpaired) electrons. The molecule has 2 aromatic rings. The first-order valence-corrected chi connectivity index (χ1v) is 7.84. The summed E-state index contributed by atoms with van der Waals surface area (Å²) >= 11 is 0. The van der Waals surface area contributed by atoms with Crippen molar-refractivity contribution < 1.29 is 27.5 Å². The molecule has 0 bridgehead atoms. The second-order valence-electron chi connectivity index (χ2n) is 5.67. The second-order valence-corrected chi connectivity index (χ2v) is 5.67. The summed E-state index contributed by atoms with van der Waals surface area (Å²) in [7, 11) is 0. The van der Waals surface area contributed by atoms with Crippen molar-refractivity contribution >= 4 is 23.2 Å². The highest BCUT2D eigenvalue weighted by molar-refractivity contribution is 6.03. The molecular weight excluding hydrogens is 349 g/mol. The van der Waals surface area contributed by atoms with Gasteiger partial charge in [-0.15, -0.1) is 0 Å². The molecule has 8 heteroatoms. The van der Waals surface area contributed by atoms with Crippen LogP contribution >= 0.6 is 0 Å². The number of hydrogen-bond donors (Lipinski definition) is 1. The van der Waals surface area contributed by atoms with Crippen molar-refractivity contribution in [2.45, 2.75) is 12.6 Å². The minimum Gasteiger partial charge on any atom is -0.491 e. The first-order chi connectivity index (χ1) is 12.3. The molecule has 0 aliphatic carbocycles. The van der Waals surface area contributed by atoms with Gasteiger partial charge in [-0.3, -0.25) is 14.5 Å². The van der Waals surface area contributed by atoms with Crippen LogP contribution < -0.4 is 15.0 Å². The maximum atomic E-state index is 12.6. The fourth-order valence-corrected chi connectivity index (χ4v) is 2.58. The molecule has 1 aliphatic heterocycles. The molecule has 0 saturated carbocycles. The van der Waals surface area contributed by atoms with E-state index < -0.39 is 17.6 Å². The fourth-order valence-electron chi connectivity index (χ4n) is 2.58. The summed E-state index contributed by atoms with van der Waals surface area (Å²) in [5.41, 5.74) is -0.100. The molecule has 0 saturated heterocycles. The van der Waals surface area contributed by atoms with Crippen LogP contribution in [0.3, 0.4) is 0 Å². The molecule has 1 N–H and O–H groups in total. The lowest BCUT2D eigenvalue weighted by Gasteiger charge is -2.21. The Morgan fingerprint density at radius 1 is 1.12 bits per heavy atom. The van der Waals surface area contributed by atoms with Crippen molar-refractivity contribution in [2.24, 2.45) is 0 Å². The van der Waals surface area contributed by atoms with E-state index in [9.17, 15) is 22.8 Å². The molecule has 0 spiro atoms. The maximum absolute atomic E-state index is 12.6. The van der Waals surface area contributed by atoms with E-state index in [0.717, 1.165) is 12.1 Å². The summed E-state index contributed by atoms with van der Waals surface area (Å²) in [6.07, 6.45) is -4.31. The van der Waals surface area contributed by atoms with E-state index >= 15 is 0 Å². The largest absolute Gasteiger partial charge is 0.491 e. The molecule has 5 nitrogen and oxygen atoms in total. The molecule has 0 unspecified atom stereocenters. The molecule has 0 fully saturated rings. The van der Waals surface area contributed by atoms with E-state index in [-0.39, 0.29) is 31.2 Å². The van der Waals surface area contributed by atoms with Crippen LogP contribution in [0, 0.1) is 0 Å². The van der Waals surface area contributed by atoms with E-state index in [4.69, 9.17) is 4.74 Å². The fraction of sp³-hybridized carbons (Fsp3) is 0.222. The third kappa shape index (κ3) is 3.96. The van der Waals surface area contributed by atoms with Crippen molar-refractivity contribution in [1.29, 1.82) is 0 Å². The van der Waals surface area contributed by atoms with Gasteiger partial charge in [0.15, 0.2) is 0 Å². The lowest BCUT2D eigenvalue weighted by atomic mass is 10.2. The van der Waals surface area contributed by atoms with Gasteiger partial charge in [-0.1, -0.05) is 12.1 Å². The molecule has 136 valence electrons. The lowest BCUT2D eigenvalue weighted by Crippen LogP contribution is -2.37. The number of hydrogen-bond acceptors (Lipinski definition) is 3. The summed E-state index contributed by atoms with van der Waals surface area (Å²) in [5.74, 6) is -0.284. The number of nitrogens with one attached hydrogen (secondary N) is 1. The molecule has 26 heavy (non-hydrogen) atoms. The second kappa shape index (κ2) is 7.07. The van der Waals surface area contributed by atoms with E-state index in [1.165, 1.54) is 17.0 Å². The zero-order valence-electron chi connectivity index (χ0n) is 13.5. The monoisotopic (exact) mass is 364 g/mol. The van der Waals surface area contributed by atoms with E-state index in [1.54, 1.807) is 24.3 Å². The Bertz CT molecular complexity index is 819. The van der Waals surface area contributed by atoms with Gasteiger partial charge in [-0.05, 0) is 36.4 Å². The number of halogens is 3. The quantitative estimate of drug-likeness (QED) is 0.907. The number of rotatable bonds is 3. The summed E-state index contributed by atoms with van der Waals surface area (Å²) in [5, 5.41) is 2.50. The van der Waals surface area contributed by atoms with Crippen molar-refractivity contribution in [3.8, 4) is 5.75 Å². The van der Waals surface area contributed by atoms with Gasteiger partial charge in [-0.2, -0.15) is 13.2 Å². The molecule has 0 atom stereocenters. The minimum atomic E-state index is -4.44. The number of nitrogens with zero attached hydrogens (tertiary/aromatic N) is 1. The van der Waals surface area contributed by atoms with Gasteiger partial charge in [0.1, 0.15) is 12.3 Å². The molecule has 3 rings (SSSR count). The number of alkyl halides is 3. The van der Waals surface area contributed by atoms with Crippen LogP contribution in [0.15, 0.2) is 48.5 Å². The van der Waals surface area contributed by atoms with E-state index in [2.05, 4.69) is 5.32 Å². The molecule has 2 aromatic carbocycles. The summed E-state index contributed by atoms with van der Waals surface area (Å²) < 4.78 is 43.2. The van der Waals surface area contributed by atoms with Crippen LogP contribution in [0.4, 0.5) is 24.5 Å². The van der Waals surface area contributed by atoms with Crippen LogP contribution in [0.25, 0.3) is 0 Å². The topological polar surface area (TPSA) is 58.6 Å². The van der Waals surface area contributed by atoms with Gasteiger partial charge in [0.2, 0.25) is 11.8 Å². The minimum absolute atomic E-state index is 0.127. The number of carbonyl (C=O) groups excluding carboxylic acids is 2. The highest BCUT2D eigenvalue weighted by Gasteiger charge is 2.30.